The van der Waals surface area contributed by atoms with Crippen LogP contribution < -0.4 is 0 Å². The van der Waals surface area contributed by atoms with Gasteiger partial charge < -0.3 is 4.90 Å². The third-order valence-corrected chi connectivity index (χ3v) is 2.38. The van der Waals surface area contributed by atoms with E-state index in [0.29, 0.717) is 6.42 Å². The van der Waals surface area contributed by atoms with Gasteiger partial charge in [0.25, 0.3) is 0 Å². The molecule has 1 heterocycles. The van der Waals surface area contributed by atoms with E-state index >= 15 is 0 Å². The summed E-state index contributed by atoms with van der Waals surface area (Å²) in [6, 6.07) is 0. The monoisotopic (exact) mass is 175 g/mol. The van der Waals surface area contributed by atoms with Crippen molar-refractivity contribution in [3.05, 3.63) is 0 Å². The molecule has 0 saturated carbocycles. The molecule has 1 aliphatic rings. The smallest absolute Gasteiger partial charge is 0.222 e. The zero-order chi connectivity index (χ0) is 8.27. The maximum Gasteiger partial charge on any atom is 0.222 e. The third kappa shape index (κ3) is 2.37. The number of rotatable bonds is 1. The maximum atomic E-state index is 11.2. The summed E-state index contributed by atoms with van der Waals surface area (Å²) in [5.74, 6) is 0.232. The number of piperidine rings is 1. The average molecular weight is 176 g/mol. The highest BCUT2D eigenvalue weighted by atomic mass is 35.5. The Morgan fingerprint density at radius 1 is 1.73 bits per heavy atom. The van der Waals surface area contributed by atoms with E-state index in [9.17, 15) is 4.79 Å². The molecule has 1 unspecified atom stereocenters. The largest absolute Gasteiger partial charge is 0.341 e. The summed E-state index contributed by atoms with van der Waals surface area (Å²) in [5, 5.41) is 0.180. The number of hydrogen-bond acceptors (Lipinski definition) is 1. The van der Waals surface area contributed by atoms with Crippen molar-refractivity contribution in [3.8, 4) is 0 Å². The van der Waals surface area contributed by atoms with Gasteiger partial charge in [0.2, 0.25) is 5.91 Å². The van der Waals surface area contributed by atoms with Crippen molar-refractivity contribution in [2.24, 2.45) is 0 Å². The molecule has 1 rings (SSSR count). The van der Waals surface area contributed by atoms with Crippen LogP contribution in [0.5, 0.6) is 0 Å². The second kappa shape index (κ2) is 3.96. The predicted molar refractivity (Wildman–Crippen MR) is 45.7 cm³/mol. The Labute approximate surface area is 72.5 Å². The van der Waals surface area contributed by atoms with Gasteiger partial charge in [0.1, 0.15) is 0 Å². The topological polar surface area (TPSA) is 20.3 Å². The van der Waals surface area contributed by atoms with E-state index in [0.717, 1.165) is 25.9 Å². The summed E-state index contributed by atoms with van der Waals surface area (Å²) in [5.41, 5.74) is 0. The van der Waals surface area contributed by atoms with Gasteiger partial charge >= 0.3 is 0 Å². The van der Waals surface area contributed by atoms with Crippen LogP contribution in [0.2, 0.25) is 0 Å². The van der Waals surface area contributed by atoms with E-state index in [-0.39, 0.29) is 11.3 Å². The van der Waals surface area contributed by atoms with Gasteiger partial charge in [-0.15, -0.1) is 11.6 Å². The molecule has 0 spiro atoms. The van der Waals surface area contributed by atoms with Crippen molar-refractivity contribution in [2.45, 2.75) is 31.6 Å². The first-order chi connectivity index (χ1) is 5.24. The van der Waals surface area contributed by atoms with Gasteiger partial charge in [-0.1, -0.05) is 6.92 Å². The minimum absolute atomic E-state index is 0.180. The molecular formula is C8H14ClNO. The normalized spacial score (nSPS) is 25.3. The van der Waals surface area contributed by atoms with Crippen LogP contribution in [0, 0.1) is 0 Å². The summed E-state index contributed by atoms with van der Waals surface area (Å²) in [6.45, 7) is 3.53. The standard InChI is InChI=1S/C8H14ClNO/c1-2-8(11)10-5-3-4-7(9)6-10/h7H,2-6H2,1H3. The zero-order valence-corrected chi connectivity index (χ0v) is 7.60. The molecule has 0 aromatic heterocycles. The maximum absolute atomic E-state index is 11.2. The van der Waals surface area contributed by atoms with Crippen molar-refractivity contribution in [1.82, 2.24) is 4.90 Å². The summed E-state index contributed by atoms with van der Waals surface area (Å²) >= 11 is 5.92. The quantitative estimate of drug-likeness (QED) is 0.555. The number of carbonyl (C=O) groups excluding carboxylic acids is 1. The molecule has 64 valence electrons. The van der Waals surface area contributed by atoms with Crippen LogP contribution in [0.15, 0.2) is 0 Å². The second-order valence-corrected chi connectivity index (χ2v) is 3.55. The Morgan fingerprint density at radius 2 is 2.45 bits per heavy atom. The lowest BCUT2D eigenvalue weighted by Crippen LogP contribution is -2.39. The Morgan fingerprint density at radius 3 is 3.00 bits per heavy atom. The Bertz CT molecular complexity index is 149. The van der Waals surface area contributed by atoms with E-state index < -0.39 is 0 Å². The van der Waals surface area contributed by atoms with Gasteiger partial charge in [0.15, 0.2) is 0 Å². The summed E-state index contributed by atoms with van der Waals surface area (Å²) in [6.07, 6.45) is 2.71. The van der Waals surface area contributed by atoms with Crippen molar-refractivity contribution in [3.63, 3.8) is 0 Å². The van der Waals surface area contributed by atoms with Crippen LogP contribution in [0.25, 0.3) is 0 Å². The first-order valence-corrected chi connectivity index (χ1v) is 4.59. The van der Waals surface area contributed by atoms with Gasteiger partial charge in [-0.25, -0.2) is 0 Å². The lowest BCUT2D eigenvalue weighted by molar-refractivity contribution is -0.131. The fourth-order valence-corrected chi connectivity index (χ4v) is 1.70. The van der Waals surface area contributed by atoms with Gasteiger partial charge in [0, 0.05) is 19.5 Å². The summed E-state index contributed by atoms with van der Waals surface area (Å²) < 4.78 is 0. The molecule has 2 nitrogen and oxygen atoms in total. The second-order valence-electron chi connectivity index (χ2n) is 2.93. The van der Waals surface area contributed by atoms with Crippen molar-refractivity contribution in [1.29, 1.82) is 0 Å². The molecule has 11 heavy (non-hydrogen) atoms. The molecular weight excluding hydrogens is 162 g/mol. The van der Waals surface area contributed by atoms with E-state index in [1.807, 2.05) is 11.8 Å². The molecule has 0 aromatic carbocycles. The summed E-state index contributed by atoms with van der Waals surface area (Å²) in [7, 11) is 0. The number of halogens is 1. The first kappa shape index (κ1) is 8.85. The van der Waals surface area contributed by atoms with Gasteiger partial charge in [-0.05, 0) is 12.8 Å². The molecule has 1 aliphatic heterocycles. The highest BCUT2D eigenvalue weighted by molar-refractivity contribution is 6.20. The minimum atomic E-state index is 0.180. The number of alkyl halides is 1. The van der Waals surface area contributed by atoms with E-state index in [1.54, 1.807) is 0 Å². The molecule has 0 aliphatic carbocycles. The number of carbonyl (C=O) groups is 1. The van der Waals surface area contributed by atoms with Gasteiger partial charge in [-0.2, -0.15) is 0 Å². The van der Waals surface area contributed by atoms with Crippen LogP contribution in [0.4, 0.5) is 0 Å². The number of likely N-dealkylation sites (tertiary alicyclic amines) is 1. The molecule has 0 N–H and O–H groups in total. The highest BCUT2D eigenvalue weighted by Gasteiger charge is 2.20. The molecule has 1 atom stereocenters. The molecule has 0 radical (unpaired) electrons. The Hall–Kier alpha value is -0.240. The van der Waals surface area contributed by atoms with Crippen LogP contribution in [0.3, 0.4) is 0 Å². The lowest BCUT2D eigenvalue weighted by Gasteiger charge is -2.29. The SMILES string of the molecule is CCC(=O)N1CCCC(Cl)C1. The minimum Gasteiger partial charge on any atom is -0.341 e. The molecule has 1 amide bonds. The molecule has 0 aromatic rings. The van der Waals surface area contributed by atoms with Crippen LogP contribution in [0.1, 0.15) is 26.2 Å². The van der Waals surface area contributed by atoms with Gasteiger partial charge in [-0.3, -0.25) is 4.79 Å². The number of nitrogens with zero attached hydrogens (tertiary/aromatic N) is 1. The van der Waals surface area contributed by atoms with Gasteiger partial charge in [0.05, 0.1) is 5.38 Å². The third-order valence-electron chi connectivity index (χ3n) is 2.02. The number of hydrogen-bond donors (Lipinski definition) is 0. The van der Waals surface area contributed by atoms with E-state index in [2.05, 4.69) is 0 Å². The van der Waals surface area contributed by atoms with E-state index in [4.69, 9.17) is 11.6 Å². The first-order valence-electron chi connectivity index (χ1n) is 4.16. The predicted octanol–water partition coefficient (Wildman–Crippen LogP) is 1.63. The molecule has 1 saturated heterocycles. The Balaban J connectivity index is 2.39. The number of amides is 1. The molecule has 0 bridgehead atoms. The van der Waals surface area contributed by atoms with Crippen molar-refractivity contribution < 1.29 is 4.79 Å². The molecule has 3 heteroatoms. The highest BCUT2D eigenvalue weighted by Crippen LogP contribution is 2.15. The fraction of sp³-hybridized carbons (Fsp3) is 0.875. The van der Waals surface area contributed by atoms with Crippen LogP contribution in [-0.2, 0) is 4.79 Å². The average Bonchev–Trinajstić information content (AvgIpc) is 2.03. The summed E-state index contributed by atoms with van der Waals surface area (Å²) in [4.78, 5) is 13.0. The van der Waals surface area contributed by atoms with Crippen molar-refractivity contribution >= 4 is 17.5 Å². The van der Waals surface area contributed by atoms with Crippen molar-refractivity contribution in [2.75, 3.05) is 13.1 Å². The molecule has 1 fully saturated rings. The zero-order valence-electron chi connectivity index (χ0n) is 6.85. The van der Waals surface area contributed by atoms with E-state index in [1.165, 1.54) is 0 Å². The van der Waals surface area contributed by atoms with Crippen LogP contribution >= 0.6 is 11.6 Å². The Kier molecular flexibility index (Phi) is 3.18. The van der Waals surface area contributed by atoms with Crippen LogP contribution in [-0.4, -0.2) is 29.3 Å². The lowest BCUT2D eigenvalue weighted by atomic mass is 10.1. The fourth-order valence-electron chi connectivity index (χ4n) is 1.38.